The summed E-state index contributed by atoms with van der Waals surface area (Å²) in [6, 6.07) is 13.9. The van der Waals surface area contributed by atoms with Crippen molar-refractivity contribution < 1.29 is 19.5 Å². The molecule has 0 spiro atoms. The van der Waals surface area contributed by atoms with Crippen LogP contribution >= 0.6 is 23.4 Å². The third-order valence-corrected chi connectivity index (χ3v) is 8.63. The molecule has 198 valence electrons. The minimum Gasteiger partial charge on any atom is -0.497 e. The van der Waals surface area contributed by atoms with Crippen LogP contribution in [0, 0.1) is 5.41 Å². The fraction of sp³-hybridized carbons (Fsp3) is 0.429. The summed E-state index contributed by atoms with van der Waals surface area (Å²) in [6.45, 7) is 2.59. The first-order valence-electron chi connectivity index (χ1n) is 12.5. The van der Waals surface area contributed by atoms with Gasteiger partial charge in [-0.25, -0.2) is 5.48 Å². The lowest BCUT2D eigenvalue weighted by Crippen LogP contribution is -2.48. The summed E-state index contributed by atoms with van der Waals surface area (Å²) >= 11 is 8.34. The number of amides is 1. The predicted molar refractivity (Wildman–Crippen MR) is 148 cm³/mol. The molecule has 0 aliphatic carbocycles. The first-order valence-corrected chi connectivity index (χ1v) is 13.9. The number of rotatable bonds is 11. The zero-order chi connectivity index (χ0) is 26.3. The molecule has 1 amide bonds. The number of carbonyl (C=O) groups is 1. The average Bonchev–Trinajstić information content (AvgIpc) is 2.94. The topological polar surface area (TPSA) is 83.9 Å². The highest BCUT2D eigenvalue weighted by Crippen LogP contribution is 2.38. The Balaban J connectivity index is 1.34. The Morgan fingerprint density at radius 1 is 1.16 bits per heavy atom. The largest absolute Gasteiger partial charge is 0.497 e. The third kappa shape index (κ3) is 6.68. The number of nitrogens with one attached hydrogen (secondary N) is 1. The number of hydroxylamine groups is 1. The average molecular weight is 544 g/mol. The van der Waals surface area contributed by atoms with Crippen molar-refractivity contribution in [3.63, 3.8) is 0 Å². The molecule has 1 aliphatic heterocycles. The molecule has 0 bridgehead atoms. The second kappa shape index (κ2) is 12.8. The van der Waals surface area contributed by atoms with E-state index in [4.69, 9.17) is 21.1 Å². The van der Waals surface area contributed by atoms with Crippen LogP contribution in [0.25, 0.3) is 10.9 Å². The number of nitrogens with zero attached hydrogens (tertiary/aromatic N) is 2. The molecule has 1 saturated heterocycles. The maximum atomic E-state index is 12.8. The molecular formula is C28H34ClN3O4S. The number of benzene rings is 2. The molecular weight excluding hydrogens is 510 g/mol. The van der Waals surface area contributed by atoms with Crippen LogP contribution in [0.1, 0.15) is 31.2 Å². The molecule has 37 heavy (non-hydrogen) atoms. The number of hydrogen-bond acceptors (Lipinski definition) is 7. The van der Waals surface area contributed by atoms with E-state index in [1.165, 1.54) is 4.90 Å². The molecule has 4 rings (SSSR count). The van der Waals surface area contributed by atoms with Crippen LogP contribution in [0.2, 0.25) is 5.02 Å². The number of halogens is 1. The first-order chi connectivity index (χ1) is 18.0. The van der Waals surface area contributed by atoms with E-state index in [2.05, 4.69) is 16.0 Å². The SMILES string of the molecule is COc1cccc(SCCN2CCC(CCCc3c(Cl)cnc4ccc(OC)cc34)(C(=O)NO)CC2)c1. The maximum Gasteiger partial charge on any atom is 0.249 e. The van der Waals surface area contributed by atoms with Crippen molar-refractivity contribution in [2.75, 3.05) is 39.6 Å². The first kappa shape index (κ1) is 27.5. The number of carbonyl (C=O) groups excluding carboxylic acids is 1. The fourth-order valence-electron chi connectivity index (χ4n) is 5.08. The molecule has 0 radical (unpaired) electrons. The van der Waals surface area contributed by atoms with E-state index in [0.717, 1.165) is 59.8 Å². The van der Waals surface area contributed by atoms with Gasteiger partial charge in [-0.2, -0.15) is 0 Å². The Hall–Kier alpha value is -2.52. The van der Waals surface area contributed by atoms with E-state index in [1.807, 2.05) is 41.9 Å². The Morgan fingerprint density at radius 3 is 2.65 bits per heavy atom. The van der Waals surface area contributed by atoms with E-state index in [0.29, 0.717) is 30.7 Å². The number of methoxy groups -OCH3 is 2. The Morgan fingerprint density at radius 2 is 1.92 bits per heavy atom. The lowest BCUT2D eigenvalue weighted by molar-refractivity contribution is -0.143. The van der Waals surface area contributed by atoms with Crippen molar-refractivity contribution in [1.82, 2.24) is 15.4 Å². The molecule has 2 N–H and O–H groups in total. The Bertz CT molecular complexity index is 1220. The number of aromatic nitrogens is 1. The van der Waals surface area contributed by atoms with E-state index in [-0.39, 0.29) is 5.91 Å². The minimum atomic E-state index is -0.585. The van der Waals surface area contributed by atoms with Crippen LogP contribution in [0.15, 0.2) is 53.6 Å². The number of fused-ring (bicyclic) bond motifs is 1. The second-order valence-electron chi connectivity index (χ2n) is 9.41. The van der Waals surface area contributed by atoms with Gasteiger partial charge in [0.1, 0.15) is 11.5 Å². The zero-order valence-electron chi connectivity index (χ0n) is 21.3. The molecule has 1 aliphatic rings. The Kier molecular flexibility index (Phi) is 9.54. The van der Waals surface area contributed by atoms with Crippen molar-refractivity contribution in [2.45, 2.75) is 37.0 Å². The predicted octanol–water partition coefficient (Wildman–Crippen LogP) is 5.61. The molecule has 1 fully saturated rings. The van der Waals surface area contributed by atoms with Gasteiger partial charge in [-0.15, -0.1) is 11.8 Å². The van der Waals surface area contributed by atoms with Gasteiger partial charge in [0, 0.05) is 28.8 Å². The molecule has 0 saturated carbocycles. The molecule has 0 unspecified atom stereocenters. The van der Waals surface area contributed by atoms with Crippen LogP contribution in [0.3, 0.4) is 0 Å². The molecule has 9 heteroatoms. The van der Waals surface area contributed by atoms with Gasteiger partial charge in [0.25, 0.3) is 0 Å². The summed E-state index contributed by atoms with van der Waals surface area (Å²) in [5, 5.41) is 11.1. The smallest absolute Gasteiger partial charge is 0.249 e. The highest BCUT2D eigenvalue weighted by Gasteiger charge is 2.40. The minimum absolute atomic E-state index is 0.287. The molecule has 3 aromatic rings. The molecule has 1 aromatic heterocycles. The molecule has 2 aromatic carbocycles. The van der Waals surface area contributed by atoms with Gasteiger partial charge < -0.3 is 14.4 Å². The van der Waals surface area contributed by atoms with Crippen molar-refractivity contribution in [3.05, 3.63) is 59.2 Å². The van der Waals surface area contributed by atoms with Gasteiger partial charge in [0.05, 0.1) is 30.2 Å². The third-order valence-electron chi connectivity index (χ3n) is 7.33. The number of likely N-dealkylation sites (tertiary alicyclic amines) is 1. The van der Waals surface area contributed by atoms with Crippen LogP contribution in [-0.2, 0) is 11.2 Å². The maximum absolute atomic E-state index is 12.8. The van der Waals surface area contributed by atoms with Crippen molar-refractivity contribution in [3.8, 4) is 11.5 Å². The van der Waals surface area contributed by atoms with Crippen LogP contribution < -0.4 is 15.0 Å². The van der Waals surface area contributed by atoms with Gasteiger partial charge in [-0.3, -0.25) is 15.0 Å². The summed E-state index contributed by atoms with van der Waals surface area (Å²) in [7, 11) is 3.32. The van der Waals surface area contributed by atoms with Crippen LogP contribution in [0.5, 0.6) is 11.5 Å². The summed E-state index contributed by atoms with van der Waals surface area (Å²) < 4.78 is 10.7. The van der Waals surface area contributed by atoms with Gasteiger partial charge in [-0.05, 0) is 87.2 Å². The second-order valence-corrected chi connectivity index (χ2v) is 11.0. The number of aryl methyl sites for hydroxylation is 1. The van der Waals surface area contributed by atoms with Gasteiger partial charge in [0.15, 0.2) is 0 Å². The summed E-state index contributed by atoms with van der Waals surface area (Å²) in [6.07, 6.45) is 5.27. The van der Waals surface area contributed by atoms with E-state index >= 15 is 0 Å². The lowest BCUT2D eigenvalue weighted by Gasteiger charge is -2.40. The van der Waals surface area contributed by atoms with Crippen molar-refractivity contribution in [2.24, 2.45) is 5.41 Å². The summed E-state index contributed by atoms with van der Waals surface area (Å²) in [5.74, 6) is 2.29. The number of ether oxygens (including phenoxy) is 2. The van der Waals surface area contributed by atoms with Crippen LogP contribution in [-0.4, -0.2) is 60.6 Å². The summed E-state index contributed by atoms with van der Waals surface area (Å²) in [5.41, 5.74) is 3.23. The monoisotopic (exact) mass is 543 g/mol. The molecule has 0 atom stereocenters. The quantitative estimate of drug-likeness (QED) is 0.185. The number of piperidine rings is 1. The highest BCUT2D eigenvalue weighted by molar-refractivity contribution is 7.99. The summed E-state index contributed by atoms with van der Waals surface area (Å²) in [4.78, 5) is 20.8. The van der Waals surface area contributed by atoms with E-state index in [9.17, 15) is 10.0 Å². The lowest BCUT2D eigenvalue weighted by atomic mass is 9.73. The van der Waals surface area contributed by atoms with Crippen molar-refractivity contribution in [1.29, 1.82) is 0 Å². The molecule has 2 heterocycles. The number of thioether (sulfide) groups is 1. The highest BCUT2D eigenvalue weighted by atomic mass is 35.5. The van der Waals surface area contributed by atoms with E-state index in [1.54, 1.807) is 32.2 Å². The van der Waals surface area contributed by atoms with E-state index < -0.39 is 5.41 Å². The van der Waals surface area contributed by atoms with Gasteiger partial charge in [0.2, 0.25) is 5.91 Å². The molecule has 7 nitrogen and oxygen atoms in total. The van der Waals surface area contributed by atoms with Crippen LogP contribution in [0.4, 0.5) is 0 Å². The standard InChI is InChI=1S/C28H34ClN3O4S/c1-35-20-5-3-6-22(17-20)37-16-15-32-13-11-28(12-14-32,27(33)31-34)10-4-7-23-24-18-21(36-2)8-9-26(24)30-19-25(23)29/h3,5-6,8-9,17-19,34H,4,7,10-16H2,1-2H3,(H,31,33). The zero-order valence-corrected chi connectivity index (χ0v) is 22.9. The van der Waals surface area contributed by atoms with Crippen molar-refractivity contribution >= 4 is 40.2 Å². The van der Waals surface area contributed by atoms with Gasteiger partial charge >= 0.3 is 0 Å². The number of pyridine rings is 1. The Labute approximate surface area is 227 Å². The normalized spacial score (nSPS) is 15.5. The fourth-order valence-corrected chi connectivity index (χ4v) is 6.29. The number of hydrogen-bond donors (Lipinski definition) is 2. The van der Waals surface area contributed by atoms with Gasteiger partial charge in [-0.1, -0.05) is 17.7 Å².